The predicted molar refractivity (Wildman–Crippen MR) is 162 cm³/mol. The van der Waals surface area contributed by atoms with Gasteiger partial charge in [0.25, 0.3) is 20.5 Å². The molecule has 3 saturated heterocycles. The van der Waals surface area contributed by atoms with Crippen LogP contribution in [0.3, 0.4) is 0 Å². The maximum Gasteiger partial charge on any atom is 0.292 e. The Morgan fingerprint density at radius 2 is 1.69 bits per heavy atom. The number of aromatic amines is 1. The molecule has 0 aromatic carbocycles. The fourth-order valence-corrected chi connectivity index (χ4v) is 8.46. The Kier molecular flexibility index (Phi) is 7.78. The molecule has 248 valence electrons. The molecule has 4 aliphatic rings. The number of nitrogens with zero attached hydrogens (tertiary/aromatic N) is 5. The predicted octanol–water partition coefficient (Wildman–Crippen LogP) is 0.918. The minimum Gasteiger partial charge on any atom is -0.386 e. The van der Waals surface area contributed by atoms with Gasteiger partial charge in [-0.15, -0.1) is 0 Å². The molecule has 23 heteroatoms. The Bertz CT molecular complexity index is 2100. The second kappa shape index (κ2) is 11.7. The Morgan fingerprint density at radius 1 is 0.979 bits per heavy atom. The van der Waals surface area contributed by atoms with E-state index in [2.05, 4.69) is 25.5 Å². The standard InChI is InChI=1S/C25H24B2FN7O11P2/c26-47(39)42-8-14-21(19(37)25(44-14)34-6-10-1-2-15(36)32-11-3-4-29-22(34)16(10)11)46-48(27,40)41-7-13-20(45-47)17(28)24(43-13)35-9-30-18-12(35)5-31-33-23(18)38/h3-6,9,13-14,17,19-21,24-25,37H,1-2,7-8H2,(H,32,36)(H,33,38)/t13-,14-,17?,19+,20+,21?,24-,25-,47?,48?/m1/s1. The van der Waals surface area contributed by atoms with E-state index in [4.69, 9.17) is 42.7 Å². The largest absolute Gasteiger partial charge is 0.386 e. The number of halogens is 1. The summed E-state index contributed by atoms with van der Waals surface area (Å²) < 4.78 is 79.3. The van der Waals surface area contributed by atoms with Crippen LogP contribution in [0.25, 0.3) is 22.1 Å². The first-order chi connectivity index (χ1) is 22.9. The van der Waals surface area contributed by atoms with Crippen molar-refractivity contribution >= 4 is 63.7 Å². The molecule has 8 rings (SSSR count). The number of alkyl halides is 1. The van der Waals surface area contributed by atoms with E-state index >= 15 is 4.39 Å². The van der Waals surface area contributed by atoms with Crippen LogP contribution in [-0.2, 0) is 47.9 Å². The van der Waals surface area contributed by atoms with E-state index in [1.807, 2.05) is 0 Å². The van der Waals surface area contributed by atoms with Gasteiger partial charge in [-0.25, -0.2) is 19.5 Å². The Balaban J connectivity index is 1.08. The van der Waals surface area contributed by atoms with Gasteiger partial charge < -0.3 is 42.6 Å². The molecule has 8 heterocycles. The van der Waals surface area contributed by atoms with Crippen molar-refractivity contribution in [1.29, 1.82) is 0 Å². The van der Waals surface area contributed by atoms with Crippen molar-refractivity contribution in [1.82, 2.24) is 29.3 Å². The van der Waals surface area contributed by atoms with Gasteiger partial charge in [-0.2, -0.15) is 5.10 Å². The van der Waals surface area contributed by atoms with E-state index in [9.17, 15) is 23.8 Å². The van der Waals surface area contributed by atoms with Gasteiger partial charge in [-0.05, 0) is 18.1 Å². The van der Waals surface area contributed by atoms with Gasteiger partial charge in [0.1, 0.15) is 36.2 Å². The van der Waals surface area contributed by atoms with Crippen molar-refractivity contribution in [3.63, 3.8) is 0 Å². The third kappa shape index (κ3) is 5.47. The van der Waals surface area contributed by atoms with Crippen LogP contribution in [0.5, 0.6) is 0 Å². The highest BCUT2D eigenvalue weighted by Gasteiger charge is 2.53. The SMILES string of the molecule is [B]P1(=O)OC[C@H]2O[C@@H](n3cnc4c(=O)[nH]ncc43)C(F)[C@H]2OP([B])(=O)OC[C@H]2O[C@@H](n3cc4c5c(ccnc53)NC(=O)CC4)[C@@H](O)C2O1. The van der Waals surface area contributed by atoms with Crippen LogP contribution in [0.4, 0.5) is 10.1 Å². The molecule has 10 atom stereocenters. The van der Waals surface area contributed by atoms with E-state index in [1.54, 1.807) is 12.3 Å². The van der Waals surface area contributed by atoms with Gasteiger partial charge in [-0.1, -0.05) is 0 Å². The minimum absolute atomic E-state index is 0.0460. The van der Waals surface area contributed by atoms with Gasteiger partial charge >= 0.3 is 0 Å². The third-order valence-corrected chi connectivity index (χ3v) is 10.7. The maximum absolute atomic E-state index is 16.0. The van der Waals surface area contributed by atoms with Crippen LogP contribution in [0.1, 0.15) is 24.4 Å². The number of hydrogen-bond acceptors (Lipinski definition) is 14. The molecule has 0 aliphatic carbocycles. The molecule has 4 radical (unpaired) electrons. The summed E-state index contributed by atoms with van der Waals surface area (Å²) >= 11 is 0. The zero-order valence-electron chi connectivity index (χ0n) is 24.5. The van der Waals surface area contributed by atoms with E-state index in [0.29, 0.717) is 23.1 Å². The first kappa shape index (κ1) is 32.0. The van der Waals surface area contributed by atoms with E-state index in [0.717, 1.165) is 11.9 Å². The maximum atomic E-state index is 16.0. The van der Waals surface area contributed by atoms with Crippen LogP contribution in [0.15, 0.2) is 35.8 Å². The second-order valence-electron chi connectivity index (χ2n) is 11.6. The van der Waals surface area contributed by atoms with Crippen molar-refractivity contribution in [2.24, 2.45) is 0 Å². The molecule has 4 unspecified atom stereocenters. The molecule has 0 spiro atoms. The summed E-state index contributed by atoms with van der Waals surface area (Å²) in [5, 5.41) is 20.9. The van der Waals surface area contributed by atoms with Gasteiger partial charge in [0.2, 0.25) is 21.0 Å². The fraction of sp³-hybridized carbons (Fsp3) is 0.480. The average Bonchev–Trinajstić information content (AvgIpc) is 3.75. The number of carbonyl (C=O) groups excluding carboxylic acids is 1. The quantitative estimate of drug-likeness (QED) is 0.196. The lowest BCUT2D eigenvalue weighted by Gasteiger charge is -2.30. The number of imidazole rings is 1. The van der Waals surface area contributed by atoms with Crippen molar-refractivity contribution in [3.8, 4) is 0 Å². The Morgan fingerprint density at radius 3 is 2.46 bits per heavy atom. The zero-order chi connectivity index (χ0) is 33.5. The van der Waals surface area contributed by atoms with Crippen LogP contribution < -0.4 is 10.9 Å². The summed E-state index contributed by atoms with van der Waals surface area (Å²) in [5.41, 5.74) is 1.10. The van der Waals surface area contributed by atoms with Crippen molar-refractivity contribution in [2.45, 2.75) is 62.0 Å². The van der Waals surface area contributed by atoms with Gasteiger partial charge in [-0.3, -0.25) is 23.3 Å². The number of carbonyl (C=O) groups is 1. The number of anilines is 1. The molecule has 1 amide bonds. The first-order valence-electron chi connectivity index (χ1n) is 14.6. The average molecular weight is 701 g/mol. The molecule has 3 fully saturated rings. The number of fused-ring (bicyclic) bond motifs is 3. The smallest absolute Gasteiger partial charge is 0.292 e. The Labute approximate surface area is 271 Å². The summed E-state index contributed by atoms with van der Waals surface area (Å²) in [7, 11) is 2.69. The summed E-state index contributed by atoms with van der Waals surface area (Å²) in [6.45, 7) is -1.35. The molecular formula is C25H24B2FN7O11P2. The highest BCUT2D eigenvalue weighted by Crippen LogP contribution is 2.54. The van der Waals surface area contributed by atoms with Crippen molar-refractivity contribution < 1.29 is 51.0 Å². The summed E-state index contributed by atoms with van der Waals surface area (Å²) in [6.07, 6.45) is -6.15. The number of aliphatic hydroxyl groups excluding tert-OH is 1. The van der Waals surface area contributed by atoms with Crippen molar-refractivity contribution in [3.05, 3.63) is 46.9 Å². The molecular weight excluding hydrogens is 677 g/mol. The van der Waals surface area contributed by atoms with Crippen molar-refractivity contribution in [2.75, 3.05) is 18.5 Å². The molecule has 4 aromatic rings. The van der Waals surface area contributed by atoms with Gasteiger partial charge in [0.15, 0.2) is 24.1 Å². The number of aliphatic hydroxyl groups is 1. The lowest BCUT2D eigenvalue weighted by atomic mass is 10.1. The first-order valence-corrected chi connectivity index (χ1v) is 17.9. The second-order valence-corrected chi connectivity index (χ2v) is 14.7. The number of H-pyrrole nitrogens is 1. The number of nitrogens with one attached hydrogen (secondary N) is 2. The molecule has 4 aromatic heterocycles. The number of ether oxygens (including phenoxy) is 2. The topological polar surface area (TPSA) is 220 Å². The summed E-state index contributed by atoms with van der Waals surface area (Å²) in [4.78, 5) is 32.7. The highest BCUT2D eigenvalue weighted by molar-refractivity contribution is 7.79. The lowest BCUT2D eigenvalue weighted by molar-refractivity contribution is -0.116. The molecule has 48 heavy (non-hydrogen) atoms. The number of aryl methyl sites for hydroxylation is 1. The van der Waals surface area contributed by atoms with Crippen LogP contribution in [0, 0.1) is 0 Å². The highest BCUT2D eigenvalue weighted by atomic mass is 31.2. The number of aromatic nitrogens is 6. The number of pyridine rings is 1. The fourth-order valence-electron chi connectivity index (χ4n) is 6.43. The van der Waals surface area contributed by atoms with Crippen LogP contribution >= 0.6 is 14.9 Å². The number of amides is 1. The minimum atomic E-state index is -4.59. The molecule has 0 saturated carbocycles. The van der Waals surface area contributed by atoms with Gasteiger partial charge in [0.05, 0.1) is 36.9 Å². The normalized spacial score (nSPS) is 37.3. The van der Waals surface area contributed by atoms with E-state index < -0.39 is 82.9 Å². The molecule has 3 N–H and O–H groups in total. The summed E-state index contributed by atoms with van der Waals surface area (Å²) in [5.74, 6) is -0.161. The van der Waals surface area contributed by atoms with E-state index in [-0.39, 0.29) is 23.4 Å². The molecule has 4 aliphatic heterocycles. The van der Waals surface area contributed by atoms with E-state index in [1.165, 1.54) is 21.5 Å². The van der Waals surface area contributed by atoms with Gasteiger partial charge in [0, 0.05) is 24.2 Å². The number of hydrogen-bond donors (Lipinski definition) is 3. The third-order valence-electron chi connectivity index (χ3n) is 8.59. The zero-order valence-corrected chi connectivity index (χ0v) is 26.3. The van der Waals surface area contributed by atoms with Crippen LogP contribution in [0.2, 0.25) is 0 Å². The molecule has 0 bridgehead atoms. The monoisotopic (exact) mass is 701 g/mol. The molecule has 18 nitrogen and oxygen atoms in total. The lowest BCUT2D eigenvalue weighted by Crippen LogP contribution is -2.38. The van der Waals surface area contributed by atoms with Crippen LogP contribution in [-0.4, -0.2) is 105 Å². The Hall–Kier alpha value is -3.25. The summed E-state index contributed by atoms with van der Waals surface area (Å²) in [6, 6.07) is 1.65. The number of rotatable bonds is 2.